The van der Waals surface area contributed by atoms with Gasteiger partial charge in [-0.3, -0.25) is 14.6 Å². The molecule has 0 spiro atoms. The lowest BCUT2D eigenvalue weighted by Gasteiger charge is -2.36. The first-order chi connectivity index (χ1) is 14.7. The van der Waals surface area contributed by atoms with Crippen LogP contribution in [0.25, 0.3) is 0 Å². The lowest BCUT2D eigenvalue weighted by molar-refractivity contribution is -0.134. The Hall–Kier alpha value is -2.21. The summed E-state index contributed by atoms with van der Waals surface area (Å²) in [5.74, 6) is 0.231. The molecular formula is C25H33N3O2. The van der Waals surface area contributed by atoms with Gasteiger partial charge >= 0.3 is 0 Å². The van der Waals surface area contributed by atoms with Crippen LogP contribution in [-0.2, 0) is 29.0 Å². The predicted octanol–water partition coefficient (Wildman–Crippen LogP) is 2.79. The zero-order chi connectivity index (χ0) is 20.8. The summed E-state index contributed by atoms with van der Waals surface area (Å²) in [4.78, 5) is 20.1. The van der Waals surface area contributed by atoms with Crippen LogP contribution in [0.5, 0.6) is 0 Å². The summed E-state index contributed by atoms with van der Waals surface area (Å²) in [7, 11) is 0. The second-order valence-corrected chi connectivity index (χ2v) is 8.49. The quantitative estimate of drug-likeness (QED) is 0.707. The summed E-state index contributed by atoms with van der Waals surface area (Å²) in [6.07, 6.45) is 0.948. The molecule has 2 aromatic carbocycles. The van der Waals surface area contributed by atoms with Crippen molar-refractivity contribution in [3.63, 3.8) is 0 Å². The van der Waals surface area contributed by atoms with Gasteiger partial charge in [-0.2, -0.15) is 0 Å². The number of rotatable bonds is 7. The minimum atomic E-state index is 0.231. The number of carbonyl (C=O) groups is 1. The van der Waals surface area contributed by atoms with Crippen LogP contribution in [-0.4, -0.2) is 72.6 Å². The molecule has 2 aliphatic rings. The maximum absolute atomic E-state index is 13.3. The van der Waals surface area contributed by atoms with E-state index >= 15 is 0 Å². The number of fused-ring (bicyclic) bond motifs is 1. The van der Waals surface area contributed by atoms with E-state index in [4.69, 9.17) is 4.74 Å². The number of ether oxygens (including phenoxy) is 1. The Balaban J connectivity index is 1.42. The maximum atomic E-state index is 13.3. The number of hydrogen-bond donors (Lipinski definition) is 0. The Morgan fingerprint density at radius 2 is 1.70 bits per heavy atom. The molecule has 0 saturated carbocycles. The normalized spacial score (nSPS) is 18.3. The lowest BCUT2D eigenvalue weighted by Crippen LogP contribution is -2.49. The number of amides is 1. The van der Waals surface area contributed by atoms with Gasteiger partial charge in [-0.05, 0) is 30.0 Å². The van der Waals surface area contributed by atoms with Crippen LogP contribution >= 0.6 is 0 Å². The van der Waals surface area contributed by atoms with Crippen LogP contribution in [0.1, 0.15) is 23.6 Å². The molecule has 0 aliphatic carbocycles. The smallest absolute Gasteiger partial charge is 0.237 e. The Labute approximate surface area is 180 Å². The summed E-state index contributed by atoms with van der Waals surface area (Å²) in [5.41, 5.74) is 3.92. The first-order valence-corrected chi connectivity index (χ1v) is 11.1. The highest BCUT2D eigenvalue weighted by Crippen LogP contribution is 2.19. The second-order valence-electron chi connectivity index (χ2n) is 8.49. The number of benzene rings is 2. The van der Waals surface area contributed by atoms with Crippen molar-refractivity contribution in [3.8, 4) is 0 Å². The number of hydrogen-bond acceptors (Lipinski definition) is 4. The molecule has 5 heteroatoms. The van der Waals surface area contributed by atoms with Gasteiger partial charge in [-0.15, -0.1) is 0 Å². The fraction of sp³-hybridized carbons (Fsp3) is 0.480. The Bertz CT molecular complexity index is 820. The fourth-order valence-electron chi connectivity index (χ4n) is 4.44. The Morgan fingerprint density at radius 3 is 2.47 bits per heavy atom. The van der Waals surface area contributed by atoms with E-state index in [2.05, 4.69) is 65.3 Å². The van der Waals surface area contributed by atoms with E-state index in [0.717, 1.165) is 58.9 Å². The van der Waals surface area contributed by atoms with Crippen LogP contribution in [0, 0.1) is 0 Å². The fourth-order valence-corrected chi connectivity index (χ4v) is 4.44. The van der Waals surface area contributed by atoms with Crippen LogP contribution in [0.3, 0.4) is 0 Å². The van der Waals surface area contributed by atoms with Gasteiger partial charge in [0.15, 0.2) is 0 Å². The molecule has 0 N–H and O–H groups in total. The zero-order valence-electron chi connectivity index (χ0n) is 18.0. The van der Waals surface area contributed by atoms with Gasteiger partial charge in [0.05, 0.1) is 19.8 Å². The van der Waals surface area contributed by atoms with E-state index in [1.807, 2.05) is 11.0 Å². The summed E-state index contributed by atoms with van der Waals surface area (Å²) in [6.45, 7) is 9.56. The molecule has 1 fully saturated rings. The van der Waals surface area contributed by atoms with Crippen molar-refractivity contribution in [3.05, 3.63) is 71.3 Å². The third kappa shape index (κ3) is 5.48. The largest absolute Gasteiger partial charge is 0.379 e. The third-order valence-corrected chi connectivity index (χ3v) is 6.30. The van der Waals surface area contributed by atoms with E-state index in [-0.39, 0.29) is 5.91 Å². The lowest BCUT2D eigenvalue weighted by atomic mass is 10.00. The monoisotopic (exact) mass is 407 g/mol. The van der Waals surface area contributed by atoms with Crippen LogP contribution in [0.2, 0.25) is 0 Å². The molecular weight excluding hydrogens is 374 g/mol. The van der Waals surface area contributed by atoms with E-state index in [9.17, 15) is 4.79 Å². The molecule has 2 aromatic rings. The molecule has 4 rings (SSSR count). The Kier molecular flexibility index (Phi) is 7.16. The minimum absolute atomic E-state index is 0.231. The van der Waals surface area contributed by atoms with Crippen molar-refractivity contribution in [2.75, 3.05) is 45.9 Å². The van der Waals surface area contributed by atoms with Crippen molar-refractivity contribution >= 4 is 5.91 Å². The van der Waals surface area contributed by atoms with Crippen LogP contribution < -0.4 is 0 Å². The SMILES string of the molecule is CC(CN1CCOCC1)N(CC(=O)N1CCc2ccccc2C1)Cc1ccccc1. The molecule has 160 valence electrons. The average molecular weight is 408 g/mol. The summed E-state index contributed by atoms with van der Waals surface area (Å²) in [5, 5.41) is 0. The van der Waals surface area contributed by atoms with Crippen LogP contribution in [0.4, 0.5) is 0 Å². The molecule has 0 bridgehead atoms. The van der Waals surface area contributed by atoms with Crippen molar-refractivity contribution in [2.45, 2.75) is 32.5 Å². The van der Waals surface area contributed by atoms with Crippen molar-refractivity contribution in [1.82, 2.24) is 14.7 Å². The van der Waals surface area contributed by atoms with Crippen molar-refractivity contribution in [1.29, 1.82) is 0 Å². The van der Waals surface area contributed by atoms with Gasteiger partial charge in [-0.1, -0.05) is 54.6 Å². The van der Waals surface area contributed by atoms with Crippen molar-refractivity contribution < 1.29 is 9.53 Å². The van der Waals surface area contributed by atoms with Gasteiger partial charge in [-0.25, -0.2) is 0 Å². The number of carbonyl (C=O) groups excluding carboxylic acids is 1. The molecule has 1 saturated heterocycles. The minimum Gasteiger partial charge on any atom is -0.379 e. The first kappa shape index (κ1) is 21.0. The van der Waals surface area contributed by atoms with E-state index < -0.39 is 0 Å². The van der Waals surface area contributed by atoms with Crippen molar-refractivity contribution in [2.24, 2.45) is 0 Å². The van der Waals surface area contributed by atoms with Gasteiger partial charge < -0.3 is 9.64 Å². The molecule has 2 aliphatic heterocycles. The summed E-state index contributed by atoms with van der Waals surface area (Å²) < 4.78 is 5.49. The standard InChI is InChI=1S/C25H33N3O2/c1-21(17-26-13-15-30-16-14-26)28(18-22-7-3-2-4-8-22)20-25(29)27-12-11-23-9-5-6-10-24(23)19-27/h2-10,21H,11-20H2,1H3. The summed E-state index contributed by atoms with van der Waals surface area (Å²) in [6, 6.07) is 19.3. The molecule has 0 radical (unpaired) electrons. The second kappa shape index (κ2) is 10.2. The average Bonchev–Trinajstić information content (AvgIpc) is 2.79. The molecule has 1 atom stereocenters. The van der Waals surface area contributed by atoms with Crippen LogP contribution in [0.15, 0.2) is 54.6 Å². The zero-order valence-corrected chi connectivity index (χ0v) is 18.0. The molecule has 1 amide bonds. The molecule has 5 nitrogen and oxygen atoms in total. The predicted molar refractivity (Wildman–Crippen MR) is 119 cm³/mol. The molecule has 1 unspecified atom stereocenters. The molecule has 30 heavy (non-hydrogen) atoms. The van der Waals surface area contributed by atoms with Gasteiger partial charge in [0, 0.05) is 45.3 Å². The van der Waals surface area contributed by atoms with Gasteiger partial charge in [0.25, 0.3) is 0 Å². The highest BCUT2D eigenvalue weighted by atomic mass is 16.5. The van der Waals surface area contributed by atoms with E-state index in [1.54, 1.807) is 0 Å². The molecule has 2 heterocycles. The van der Waals surface area contributed by atoms with Gasteiger partial charge in [0.1, 0.15) is 0 Å². The van der Waals surface area contributed by atoms with E-state index in [0.29, 0.717) is 12.6 Å². The van der Waals surface area contributed by atoms with Gasteiger partial charge in [0.2, 0.25) is 5.91 Å². The topological polar surface area (TPSA) is 36.0 Å². The number of morpholine rings is 1. The Morgan fingerprint density at radius 1 is 1.00 bits per heavy atom. The third-order valence-electron chi connectivity index (χ3n) is 6.30. The number of nitrogens with zero attached hydrogens (tertiary/aromatic N) is 3. The maximum Gasteiger partial charge on any atom is 0.237 e. The summed E-state index contributed by atoms with van der Waals surface area (Å²) >= 11 is 0. The highest BCUT2D eigenvalue weighted by Gasteiger charge is 2.26. The molecule has 0 aromatic heterocycles. The van der Waals surface area contributed by atoms with E-state index in [1.165, 1.54) is 16.7 Å². The highest BCUT2D eigenvalue weighted by molar-refractivity contribution is 5.78. The first-order valence-electron chi connectivity index (χ1n) is 11.1.